The van der Waals surface area contributed by atoms with Gasteiger partial charge in [0.15, 0.2) is 17.9 Å². The van der Waals surface area contributed by atoms with E-state index in [0.29, 0.717) is 12.0 Å². The Bertz CT molecular complexity index is 641. The van der Waals surface area contributed by atoms with Crippen molar-refractivity contribution in [2.45, 2.75) is 77.8 Å². The zero-order valence-electron chi connectivity index (χ0n) is 17.3. The lowest BCUT2D eigenvalue weighted by Gasteiger charge is -2.39. The van der Waals surface area contributed by atoms with Crippen molar-refractivity contribution in [3.05, 3.63) is 23.5 Å². The number of hydrogen-bond acceptors (Lipinski definition) is 3. The number of hydrogen-bond donors (Lipinski definition) is 0. The molecule has 0 heterocycles. The Morgan fingerprint density at radius 1 is 0.880 bits per heavy atom. The van der Waals surface area contributed by atoms with Crippen LogP contribution in [0.4, 0.5) is 4.39 Å². The fraction of sp³-hybridized carbons (Fsp3) is 0.632. The van der Waals surface area contributed by atoms with Crippen LogP contribution >= 0.6 is 0 Å². The molecule has 1 rings (SSSR count). The maximum Gasteiger partial charge on any atom is 0.250 e. The van der Waals surface area contributed by atoms with Crippen LogP contribution in [0.5, 0.6) is 11.5 Å². The van der Waals surface area contributed by atoms with E-state index in [1.165, 1.54) is 6.07 Å². The SMILES string of the molecule is CC(C)(C)[Si](C)(C)Oc1ccc(C=O)c(F)c1O[Si](C)(C)C(C)(C)C. The fourth-order valence-corrected chi connectivity index (χ4v) is 3.68. The fourth-order valence-electron chi connectivity index (χ4n) is 1.66. The molecule has 0 bridgehead atoms. The molecule has 0 saturated carbocycles. The highest BCUT2D eigenvalue weighted by Crippen LogP contribution is 2.44. The lowest BCUT2D eigenvalue weighted by Crippen LogP contribution is -2.46. The summed E-state index contributed by atoms with van der Waals surface area (Å²) in [4.78, 5) is 11.2. The van der Waals surface area contributed by atoms with Gasteiger partial charge in [-0.2, -0.15) is 0 Å². The molecule has 6 heteroatoms. The van der Waals surface area contributed by atoms with Crippen LogP contribution < -0.4 is 8.85 Å². The number of carbonyl (C=O) groups excluding carboxylic acids is 1. The molecule has 0 aromatic heterocycles. The monoisotopic (exact) mass is 384 g/mol. The second-order valence-electron chi connectivity index (χ2n) is 9.64. The van der Waals surface area contributed by atoms with Gasteiger partial charge in [-0.05, 0) is 48.4 Å². The molecule has 0 amide bonds. The number of aldehydes is 1. The van der Waals surface area contributed by atoms with Crippen LogP contribution in [0, 0.1) is 5.82 Å². The first-order chi connectivity index (χ1) is 11.0. The molecule has 0 unspecified atom stereocenters. The zero-order chi connectivity index (χ0) is 19.8. The summed E-state index contributed by atoms with van der Waals surface area (Å²) >= 11 is 0. The van der Waals surface area contributed by atoms with E-state index in [9.17, 15) is 9.18 Å². The molecule has 0 aliphatic rings. The number of carbonyl (C=O) groups is 1. The molecule has 1 aromatic carbocycles. The molecule has 0 radical (unpaired) electrons. The molecule has 0 aliphatic carbocycles. The highest BCUT2D eigenvalue weighted by molar-refractivity contribution is 6.75. The normalized spacial score (nSPS) is 13.6. The van der Waals surface area contributed by atoms with Crippen molar-refractivity contribution >= 4 is 22.9 Å². The predicted molar refractivity (Wildman–Crippen MR) is 107 cm³/mol. The van der Waals surface area contributed by atoms with Gasteiger partial charge in [0.05, 0.1) is 5.56 Å². The molecule has 0 aliphatic heterocycles. The average molecular weight is 385 g/mol. The highest BCUT2D eigenvalue weighted by atomic mass is 28.4. The van der Waals surface area contributed by atoms with Gasteiger partial charge in [0, 0.05) is 0 Å². The van der Waals surface area contributed by atoms with Crippen LogP contribution in [-0.2, 0) is 0 Å². The number of rotatable bonds is 5. The Morgan fingerprint density at radius 3 is 1.72 bits per heavy atom. The molecule has 0 N–H and O–H groups in total. The van der Waals surface area contributed by atoms with Gasteiger partial charge < -0.3 is 8.85 Å². The summed E-state index contributed by atoms with van der Waals surface area (Å²) < 4.78 is 27.5. The van der Waals surface area contributed by atoms with Crippen LogP contribution in [-0.4, -0.2) is 22.9 Å². The summed E-state index contributed by atoms with van der Waals surface area (Å²) in [6, 6.07) is 3.12. The Kier molecular flexibility index (Phi) is 6.02. The van der Waals surface area contributed by atoms with E-state index in [-0.39, 0.29) is 21.4 Å². The van der Waals surface area contributed by atoms with Crippen molar-refractivity contribution in [3.8, 4) is 11.5 Å². The first-order valence-corrected chi connectivity index (χ1v) is 14.5. The lowest BCUT2D eigenvalue weighted by atomic mass is 10.2. The Balaban J connectivity index is 3.46. The van der Waals surface area contributed by atoms with E-state index in [0.717, 1.165) is 0 Å². The van der Waals surface area contributed by atoms with Gasteiger partial charge in [-0.25, -0.2) is 4.39 Å². The quantitative estimate of drug-likeness (QED) is 0.435. The smallest absolute Gasteiger partial charge is 0.250 e. The van der Waals surface area contributed by atoms with Gasteiger partial charge in [0.25, 0.3) is 16.6 Å². The van der Waals surface area contributed by atoms with E-state index >= 15 is 0 Å². The molecule has 25 heavy (non-hydrogen) atoms. The van der Waals surface area contributed by atoms with Crippen molar-refractivity contribution < 1.29 is 18.0 Å². The summed E-state index contributed by atoms with van der Waals surface area (Å²) in [5, 5.41) is -0.119. The van der Waals surface area contributed by atoms with Gasteiger partial charge in [-0.3, -0.25) is 4.79 Å². The summed E-state index contributed by atoms with van der Waals surface area (Å²) in [5.74, 6) is -0.142. The summed E-state index contributed by atoms with van der Waals surface area (Å²) in [7, 11) is -4.45. The lowest BCUT2D eigenvalue weighted by molar-refractivity contribution is 0.111. The molecular weight excluding hydrogens is 351 g/mol. The Labute approximate surface area is 154 Å². The maximum atomic E-state index is 14.9. The minimum atomic E-state index is -2.29. The molecule has 0 saturated heterocycles. The van der Waals surface area contributed by atoms with Gasteiger partial charge >= 0.3 is 0 Å². The first-order valence-electron chi connectivity index (χ1n) is 8.69. The van der Waals surface area contributed by atoms with E-state index in [4.69, 9.17) is 8.85 Å². The van der Waals surface area contributed by atoms with Gasteiger partial charge in [0.1, 0.15) is 5.75 Å². The summed E-state index contributed by atoms with van der Waals surface area (Å²) in [5.41, 5.74) is -0.00343. The third kappa shape index (κ3) is 4.73. The minimum Gasteiger partial charge on any atom is -0.541 e. The Morgan fingerprint density at radius 2 is 1.32 bits per heavy atom. The maximum absolute atomic E-state index is 14.9. The van der Waals surface area contributed by atoms with Crippen molar-refractivity contribution in [2.75, 3.05) is 0 Å². The molecule has 1 aromatic rings. The van der Waals surface area contributed by atoms with Crippen molar-refractivity contribution in [1.29, 1.82) is 0 Å². The van der Waals surface area contributed by atoms with E-state index in [1.54, 1.807) is 6.07 Å². The van der Waals surface area contributed by atoms with Gasteiger partial charge in [-0.15, -0.1) is 0 Å². The van der Waals surface area contributed by atoms with E-state index in [2.05, 4.69) is 67.7 Å². The molecule has 3 nitrogen and oxygen atoms in total. The van der Waals surface area contributed by atoms with Crippen LogP contribution in [0.15, 0.2) is 12.1 Å². The molecule has 0 atom stereocenters. The summed E-state index contributed by atoms with van der Waals surface area (Å²) in [6.07, 6.45) is 0.518. The molecule has 142 valence electrons. The number of halogens is 1. The second kappa shape index (κ2) is 6.87. The zero-order valence-corrected chi connectivity index (χ0v) is 19.3. The van der Waals surface area contributed by atoms with E-state index in [1.807, 2.05) is 0 Å². The van der Waals surface area contributed by atoms with Crippen molar-refractivity contribution in [1.82, 2.24) is 0 Å². The topological polar surface area (TPSA) is 35.5 Å². The van der Waals surface area contributed by atoms with Crippen LogP contribution in [0.2, 0.25) is 36.3 Å². The van der Waals surface area contributed by atoms with Crippen LogP contribution in [0.25, 0.3) is 0 Å². The second-order valence-corrected chi connectivity index (χ2v) is 19.1. The predicted octanol–water partition coefficient (Wildman–Crippen LogP) is 6.41. The molecular formula is C19H33FO3Si2. The third-order valence-corrected chi connectivity index (χ3v) is 14.2. The van der Waals surface area contributed by atoms with Gasteiger partial charge in [-0.1, -0.05) is 41.5 Å². The van der Waals surface area contributed by atoms with E-state index < -0.39 is 22.5 Å². The standard InChI is InChI=1S/C19H33FO3Si2/c1-18(2,3)24(7,8)22-15-12-11-14(13-21)16(20)17(15)23-25(9,10)19(4,5)6/h11-13H,1-10H3. The van der Waals surface area contributed by atoms with Crippen molar-refractivity contribution in [3.63, 3.8) is 0 Å². The largest absolute Gasteiger partial charge is 0.541 e. The summed E-state index contributed by atoms with van der Waals surface area (Å²) in [6.45, 7) is 21.0. The van der Waals surface area contributed by atoms with Crippen LogP contribution in [0.3, 0.4) is 0 Å². The molecule has 0 spiro atoms. The highest BCUT2D eigenvalue weighted by Gasteiger charge is 2.43. The van der Waals surface area contributed by atoms with Gasteiger partial charge in [0.2, 0.25) is 0 Å². The number of benzene rings is 1. The Hall–Kier alpha value is -1.15. The third-order valence-electron chi connectivity index (χ3n) is 5.55. The minimum absolute atomic E-state index is 0.00343. The van der Waals surface area contributed by atoms with Crippen LogP contribution in [0.1, 0.15) is 51.9 Å². The first kappa shape index (κ1) is 21.9. The average Bonchev–Trinajstić information content (AvgIpc) is 2.40. The molecule has 0 fully saturated rings. The van der Waals surface area contributed by atoms with Crippen molar-refractivity contribution in [2.24, 2.45) is 0 Å².